The number of guanidine groups is 1. The number of nitrogens with zero attached hydrogens (tertiary/aromatic N) is 1. The molecule has 162 valence electrons. The molecule has 1 saturated carbocycles. The lowest BCUT2D eigenvalue weighted by Crippen LogP contribution is -2.45. The molecule has 0 atom stereocenters. The van der Waals surface area contributed by atoms with E-state index in [1.165, 1.54) is 5.56 Å². The van der Waals surface area contributed by atoms with Crippen LogP contribution in [0.5, 0.6) is 17.2 Å². The average molecular weight is 412 g/mol. The largest absolute Gasteiger partial charge is 0.497 e. The molecule has 0 radical (unpaired) electrons. The summed E-state index contributed by atoms with van der Waals surface area (Å²) in [6.07, 6.45) is 4.43. The molecule has 30 heavy (non-hydrogen) atoms. The summed E-state index contributed by atoms with van der Waals surface area (Å²) in [6, 6.07) is 16.1. The quantitative estimate of drug-likeness (QED) is 0.454. The molecule has 0 heterocycles. The summed E-state index contributed by atoms with van der Waals surface area (Å²) in [4.78, 5) is 4.72. The van der Waals surface area contributed by atoms with Crippen LogP contribution in [0.3, 0.4) is 0 Å². The minimum atomic E-state index is -0.140. The third-order valence-electron chi connectivity index (χ3n) is 5.27. The number of aliphatic imine (C=N–C) groups is 1. The van der Waals surface area contributed by atoms with Crippen molar-refractivity contribution in [1.82, 2.24) is 10.6 Å². The summed E-state index contributed by atoms with van der Waals surface area (Å²) in [7, 11) is 1.65. The van der Waals surface area contributed by atoms with Crippen molar-refractivity contribution < 1.29 is 14.6 Å². The Balaban J connectivity index is 1.48. The van der Waals surface area contributed by atoms with Gasteiger partial charge in [-0.3, -0.25) is 4.99 Å². The van der Waals surface area contributed by atoms with Crippen molar-refractivity contribution in [1.29, 1.82) is 0 Å². The molecule has 6 heteroatoms. The SMILES string of the molecule is CCNC(=NCCc1ccc(Oc2ccc(OC)cc2)cc1)NC1CCC(O)CC1. The molecular formula is C24H33N3O3. The van der Waals surface area contributed by atoms with Gasteiger partial charge in [0.25, 0.3) is 0 Å². The summed E-state index contributed by atoms with van der Waals surface area (Å²) in [5, 5.41) is 16.5. The van der Waals surface area contributed by atoms with Crippen molar-refractivity contribution >= 4 is 5.96 Å². The number of aliphatic hydroxyl groups is 1. The van der Waals surface area contributed by atoms with E-state index in [1.54, 1.807) is 7.11 Å². The molecule has 2 aromatic carbocycles. The maximum Gasteiger partial charge on any atom is 0.191 e. The lowest BCUT2D eigenvalue weighted by atomic mass is 9.93. The van der Waals surface area contributed by atoms with Gasteiger partial charge in [0.1, 0.15) is 17.2 Å². The number of benzene rings is 2. The summed E-state index contributed by atoms with van der Waals surface area (Å²) >= 11 is 0. The minimum absolute atomic E-state index is 0.140. The molecule has 1 aliphatic rings. The van der Waals surface area contributed by atoms with E-state index >= 15 is 0 Å². The van der Waals surface area contributed by atoms with Crippen molar-refractivity contribution in [2.45, 2.75) is 51.2 Å². The monoisotopic (exact) mass is 411 g/mol. The molecular weight excluding hydrogens is 378 g/mol. The van der Waals surface area contributed by atoms with Gasteiger partial charge < -0.3 is 25.2 Å². The maximum atomic E-state index is 9.67. The molecule has 6 nitrogen and oxygen atoms in total. The van der Waals surface area contributed by atoms with E-state index < -0.39 is 0 Å². The minimum Gasteiger partial charge on any atom is -0.497 e. The maximum absolute atomic E-state index is 9.67. The van der Waals surface area contributed by atoms with Crippen LogP contribution in [0.25, 0.3) is 0 Å². The molecule has 0 aromatic heterocycles. The van der Waals surface area contributed by atoms with Crippen LogP contribution < -0.4 is 20.1 Å². The van der Waals surface area contributed by atoms with Crippen LogP contribution in [-0.4, -0.2) is 43.4 Å². The fraction of sp³-hybridized carbons (Fsp3) is 0.458. The molecule has 0 saturated heterocycles. The smallest absolute Gasteiger partial charge is 0.191 e. The van der Waals surface area contributed by atoms with Crippen LogP contribution in [0.4, 0.5) is 0 Å². The Bertz CT molecular complexity index is 782. The van der Waals surface area contributed by atoms with E-state index in [4.69, 9.17) is 14.5 Å². The van der Waals surface area contributed by atoms with Gasteiger partial charge in [-0.05, 0) is 81.0 Å². The van der Waals surface area contributed by atoms with Gasteiger partial charge in [0.05, 0.1) is 13.2 Å². The van der Waals surface area contributed by atoms with Crippen LogP contribution in [0.15, 0.2) is 53.5 Å². The van der Waals surface area contributed by atoms with Crippen molar-refractivity contribution in [3.63, 3.8) is 0 Å². The zero-order valence-corrected chi connectivity index (χ0v) is 17.9. The number of nitrogens with one attached hydrogen (secondary N) is 2. The average Bonchev–Trinajstić information content (AvgIpc) is 2.77. The summed E-state index contributed by atoms with van der Waals surface area (Å²) in [5.41, 5.74) is 1.22. The van der Waals surface area contributed by atoms with E-state index in [0.29, 0.717) is 12.6 Å². The van der Waals surface area contributed by atoms with Crippen LogP contribution in [0.1, 0.15) is 38.2 Å². The second-order valence-electron chi connectivity index (χ2n) is 7.58. The number of hydrogen-bond donors (Lipinski definition) is 3. The highest BCUT2D eigenvalue weighted by molar-refractivity contribution is 5.80. The van der Waals surface area contributed by atoms with Crippen LogP contribution in [0, 0.1) is 0 Å². The normalized spacial score (nSPS) is 19.2. The molecule has 0 bridgehead atoms. The van der Waals surface area contributed by atoms with E-state index in [2.05, 4.69) is 29.7 Å². The Morgan fingerprint density at radius 2 is 1.57 bits per heavy atom. The first-order chi connectivity index (χ1) is 14.7. The van der Waals surface area contributed by atoms with Gasteiger partial charge in [-0.15, -0.1) is 0 Å². The predicted molar refractivity (Wildman–Crippen MR) is 121 cm³/mol. The molecule has 0 unspecified atom stereocenters. The Kier molecular flexibility index (Phi) is 8.39. The highest BCUT2D eigenvalue weighted by atomic mass is 16.5. The Morgan fingerprint density at radius 3 is 2.17 bits per heavy atom. The van der Waals surface area contributed by atoms with E-state index in [0.717, 1.165) is 61.9 Å². The second-order valence-corrected chi connectivity index (χ2v) is 7.58. The molecule has 3 N–H and O–H groups in total. The lowest BCUT2D eigenvalue weighted by molar-refractivity contribution is 0.120. The number of aliphatic hydroxyl groups excluding tert-OH is 1. The Hall–Kier alpha value is -2.73. The fourth-order valence-corrected chi connectivity index (χ4v) is 3.53. The van der Waals surface area contributed by atoms with Crippen molar-refractivity contribution in [2.75, 3.05) is 20.2 Å². The van der Waals surface area contributed by atoms with Gasteiger partial charge in [0.15, 0.2) is 5.96 Å². The summed E-state index contributed by atoms with van der Waals surface area (Å²) < 4.78 is 11.0. The molecule has 0 amide bonds. The van der Waals surface area contributed by atoms with E-state index in [9.17, 15) is 5.11 Å². The Morgan fingerprint density at radius 1 is 0.967 bits per heavy atom. The first-order valence-corrected chi connectivity index (χ1v) is 10.8. The second kappa shape index (κ2) is 11.5. The van der Waals surface area contributed by atoms with Gasteiger partial charge in [-0.25, -0.2) is 0 Å². The predicted octanol–water partition coefficient (Wildman–Crippen LogP) is 3.89. The zero-order chi connectivity index (χ0) is 21.2. The van der Waals surface area contributed by atoms with Crippen molar-refractivity contribution in [2.24, 2.45) is 4.99 Å². The molecule has 0 aliphatic heterocycles. The summed E-state index contributed by atoms with van der Waals surface area (Å²) in [6.45, 7) is 3.62. The van der Waals surface area contributed by atoms with Crippen LogP contribution in [0.2, 0.25) is 0 Å². The first-order valence-electron chi connectivity index (χ1n) is 10.8. The molecule has 2 aromatic rings. The van der Waals surface area contributed by atoms with Gasteiger partial charge in [0.2, 0.25) is 0 Å². The number of hydrogen-bond acceptors (Lipinski definition) is 4. The van der Waals surface area contributed by atoms with Crippen molar-refractivity contribution in [3.05, 3.63) is 54.1 Å². The number of methoxy groups -OCH3 is 1. The van der Waals surface area contributed by atoms with Crippen LogP contribution >= 0.6 is 0 Å². The number of ether oxygens (including phenoxy) is 2. The molecule has 1 fully saturated rings. The fourth-order valence-electron chi connectivity index (χ4n) is 3.53. The topological polar surface area (TPSA) is 75.1 Å². The van der Waals surface area contributed by atoms with Gasteiger partial charge in [-0.1, -0.05) is 12.1 Å². The highest BCUT2D eigenvalue weighted by Crippen LogP contribution is 2.24. The van der Waals surface area contributed by atoms with Gasteiger partial charge in [-0.2, -0.15) is 0 Å². The number of rotatable bonds is 8. The first kappa shape index (κ1) is 22.0. The van der Waals surface area contributed by atoms with E-state index in [1.807, 2.05) is 36.4 Å². The summed E-state index contributed by atoms with van der Waals surface area (Å²) in [5.74, 6) is 3.26. The van der Waals surface area contributed by atoms with Crippen molar-refractivity contribution in [3.8, 4) is 17.2 Å². The molecule has 3 rings (SSSR count). The van der Waals surface area contributed by atoms with Crippen LogP contribution in [-0.2, 0) is 6.42 Å². The zero-order valence-electron chi connectivity index (χ0n) is 17.9. The standard InChI is InChI=1S/C24H33N3O3/c1-3-25-24(27-19-6-8-20(28)9-7-19)26-17-16-18-4-10-22(11-5-18)30-23-14-12-21(29-2)13-15-23/h4-5,10-15,19-20,28H,3,6-9,16-17H2,1-2H3,(H2,25,26,27). The molecule has 1 aliphatic carbocycles. The Labute approximate surface area is 179 Å². The van der Waals surface area contributed by atoms with E-state index in [-0.39, 0.29) is 6.10 Å². The molecule has 0 spiro atoms. The van der Waals surface area contributed by atoms with Gasteiger partial charge >= 0.3 is 0 Å². The third kappa shape index (κ3) is 6.95. The van der Waals surface area contributed by atoms with Gasteiger partial charge in [0, 0.05) is 19.1 Å². The third-order valence-corrected chi connectivity index (χ3v) is 5.27. The highest BCUT2D eigenvalue weighted by Gasteiger charge is 2.19. The lowest BCUT2D eigenvalue weighted by Gasteiger charge is -2.27.